The van der Waals surface area contributed by atoms with Crippen molar-refractivity contribution < 1.29 is 13.9 Å². The third kappa shape index (κ3) is 4.31. The quantitative estimate of drug-likeness (QED) is 0.585. The Hall–Kier alpha value is -1.42. The second-order valence-corrected chi connectivity index (χ2v) is 4.89. The SMILES string of the molecule is O=CC1CCCCN1CCCOc1ccc(F)cc1. The molecule has 1 aliphatic rings. The lowest BCUT2D eigenvalue weighted by Gasteiger charge is -2.32. The van der Waals surface area contributed by atoms with E-state index in [1.54, 1.807) is 12.1 Å². The average molecular weight is 265 g/mol. The number of halogens is 1. The van der Waals surface area contributed by atoms with Crippen molar-refractivity contribution in [3.05, 3.63) is 30.1 Å². The summed E-state index contributed by atoms with van der Waals surface area (Å²) in [4.78, 5) is 13.2. The predicted octanol–water partition coefficient (Wildman–Crippen LogP) is 2.65. The number of carbonyl (C=O) groups excluding carboxylic acids is 1. The van der Waals surface area contributed by atoms with Crippen LogP contribution in [0.3, 0.4) is 0 Å². The fourth-order valence-electron chi connectivity index (χ4n) is 2.44. The van der Waals surface area contributed by atoms with Gasteiger partial charge in [-0.05, 0) is 50.1 Å². The van der Waals surface area contributed by atoms with Crippen LogP contribution >= 0.6 is 0 Å². The van der Waals surface area contributed by atoms with E-state index in [1.165, 1.54) is 18.6 Å². The highest BCUT2D eigenvalue weighted by Crippen LogP contribution is 2.16. The van der Waals surface area contributed by atoms with E-state index in [0.717, 1.165) is 38.6 Å². The van der Waals surface area contributed by atoms with Gasteiger partial charge in [0.15, 0.2) is 0 Å². The van der Waals surface area contributed by atoms with Gasteiger partial charge in [-0.25, -0.2) is 4.39 Å². The fourth-order valence-corrected chi connectivity index (χ4v) is 2.44. The summed E-state index contributed by atoms with van der Waals surface area (Å²) < 4.78 is 18.2. The first-order chi connectivity index (χ1) is 9.29. The minimum Gasteiger partial charge on any atom is -0.494 e. The lowest BCUT2D eigenvalue weighted by atomic mass is 10.0. The van der Waals surface area contributed by atoms with E-state index in [-0.39, 0.29) is 11.9 Å². The summed E-state index contributed by atoms with van der Waals surface area (Å²) in [6, 6.07) is 6.12. The monoisotopic (exact) mass is 265 g/mol. The number of aldehydes is 1. The molecule has 0 spiro atoms. The van der Waals surface area contributed by atoms with Crippen molar-refractivity contribution in [3.8, 4) is 5.75 Å². The fraction of sp³-hybridized carbons (Fsp3) is 0.533. The molecule has 0 aromatic heterocycles. The molecule has 1 atom stereocenters. The largest absolute Gasteiger partial charge is 0.494 e. The number of piperidine rings is 1. The number of rotatable bonds is 6. The van der Waals surface area contributed by atoms with Gasteiger partial charge in [-0.1, -0.05) is 6.42 Å². The lowest BCUT2D eigenvalue weighted by molar-refractivity contribution is -0.113. The van der Waals surface area contributed by atoms with Gasteiger partial charge in [0.05, 0.1) is 12.6 Å². The van der Waals surface area contributed by atoms with Crippen LogP contribution in [0.2, 0.25) is 0 Å². The molecule has 4 heteroatoms. The predicted molar refractivity (Wildman–Crippen MR) is 71.8 cm³/mol. The van der Waals surface area contributed by atoms with Crippen molar-refractivity contribution in [2.75, 3.05) is 19.7 Å². The molecule has 1 aliphatic heterocycles. The number of nitrogens with zero attached hydrogens (tertiary/aromatic N) is 1. The Bertz CT molecular complexity index is 394. The Kier molecular flexibility index (Phi) is 5.33. The molecule has 1 unspecified atom stereocenters. The van der Waals surface area contributed by atoms with Gasteiger partial charge in [0.1, 0.15) is 17.9 Å². The second kappa shape index (κ2) is 7.24. The molecule has 104 valence electrons. The summed E-state index contributed by atoms with van der Waals surface area (Å²) in [5.41, 5.74) is 0. The summed E-state index contributed by atoms with van der Waals surface area (Å²) in [6.45, 7) is 2.47. The Morgan fingerprint density at radius 1 is 1.32 bits per heavy atom. The molecule has 0 amide bonds. The van der Waals surface area contributed by atoms with Crippen LogP contribution in [0.5, 0.6) is 5.75 Å². The van der Waals surface area contributed by atoms with Crippen LogP contribution in [-0.4, -0.2) is 36.9 Å². The standard InChI is InChI=1S/C15H20FNO2/c16-13-5-7-15(8-6-13)19-11-3-10-17-9-2-1-4-14(17)12-18/h5-8,12,14H,1-4,9-11H2. The zero-order chi connectivity index (χ0) is 13.5. The molecule has 2 rings (SSSR count). The minimum absolute atomic E-state index is 0.0829. The van der Waals surface area contributed by atoms with Crippen molar-refractivity contribution in [1.29, 1.82) is 0 Å². The number of hydrogen-bond acceptors (Lipinski definition) is 3. The number of ether oxygens (including phenoxy) is 1. The highest BCUT2D eigenvalue weighted by Gasteiger charge is 2.20. The van der Waals surface area contributed by atoms with E-state index in [4.69, 9.17) is 4.74 Å². The molecular weight excluding hydrogens is 245 g/mol. The maximum absolute atomic E-state index is 12.7. The van der Waals surface area contributed by atoms with Crippen molar-refractivity contribution in [3.63, 3.8) is 0 Å². The molecule has 19 heavy (non-hydrogen) atoms. The minimum atomic E-state index is -0.255. The van der Waals surface area contributed by atoms with Crippen LogP contribution in [-0.2, 0) is 4.79 Å². The lowest BCUT2D eigenvalue weighted by Crippen LogP contribution is -2.41. The first-order valence-electron chi connectivity index (χ1n) is 6.87. The Balaban J connectivity index is 1.68. The zero-order valence-electron chi connectivity index (χ0n) is 11.1. The van der Waals surface area contributed by atoms with Gasteiger partial charge in [0.2, 0.25) is 0 Å². The molecule has 3 nitrogen and oxygen atoms in total. The van der Waals surface area contributed by atoms with E-state index in [0.29, 0.717) is 12.4 Å². The topological polar surface area (TPSA) is 29.5 Å². The highest BCUT2D eigenvalue weighted by molar-refractivity contribution is 5.57. The Morgan fingerprint density at radius 3 is 2.84 bits per heavy atom. The molecule has 0 bridgehead atoms. The molecule has 0 saturated carbocycles. The van der Waals surface area contributed by atoms with Gasteiger partial charge in [0, 0.05) is 6.54 Å². The molecule has 0 N–H and O–H groups in total. The molecule has 1 heterocycles. The van der Waals surface area contributed by atoms with E-state index >= 15 is 0 Å². The van der Waals surface area contributed by atoms with Gasteiger partial charge >= 0.3 is 0 Å². The maximum Gasteiger partial charge on any atom is 0.137 e. The van der Waals surface area contributed by atoms with E-state index in [9.17, 15) is 9.18 Å². The van der Waals surface area contributed by atoms with Gasteiger partial charge in [-0.2, -0.15) is 0 Å². The van der Waals surface area contributed by atoms with Crippen LogP contribution < -0.4 is 4.74 Å². The van der Waals surface area contributed by atoms with E-state index < -0.39 is 0 Å². The van der Waals surface area contributed by atoms with Crippen molar-refractivity contribution >= 4 is 6.29 Å². The summed E-state index contributed by atoms with van der Waals surface area (Å²) >= 11 is 0. The molecule has 1 saturated heterocycles. The number of carbonyl (C=O) groups is 1. The molecule has 1 aromatic carbocycles. The summed E-state index contributed by atoms with van der Waals surface area (Å²) in [6.07, 6.45) is 5.22. The van der Waals surface area contributed by atoms with E-state index in [2.05, 4.69) is 4.90 Å². The van der Waals surface area contributed by atoms with Gasteiger partial charge in [-0.3, -0.25) is 4.90 Å². The highest BCUT2D eigenvalue weighted by atomic mass is 19.1. The first-order valence-corrected chi connectivity index (χ1v) is 6.87. The molecule has 0 aliphatic carbocycles. The van der Waals surface area contributed by atoms with Gasteiger partial charge in [0.25, 0.3) is 0 Å². The molecular formula is C15H20FNO2. The smallest absolute Gasteiger partial charge is 0.137 e. The summed E-state index contributed by atoms with van der Waals surface area (Å²) in [5.74, 6) is 0.432. The maximum atomic E-state index is 12.7. The van der Waals surface area contributed by atoms with Crippen LogP contribution in [0.1, 0.15) is 25.7 Å². The summed E-state index contributed by atoms with van der Waals surface area (Å²) in [7, 11) is 0. The van der Waals surface area contributed by atoms with Crippen molar-refractivity contribution in [2.45, 2.75) is 31.7 Å². The normalized spacial score (nSPS) is 20.2. The Labute approximate surface area is 113 Å². The summed E-state index contributed by atoms with van der Waals surface area (Å²) in [5, 5.41) is 0. The van der Waals surface area contributed by atoms with Crippen LogP contribution in [0.15, 0.2) is 24.3 Å². The van der Waals surface area contributed by atoms with Crippen LogP contribution in [0.25, 0.3) is 0 Å². The second-order valence-electron chi connectivity index (χ2n) is 4.89. The van der Waals surface area contributed by atoms with Gasteiger partial charge < -0.3 is 9.53 Å². The average Bonchev–Trinajstić information content (AvgIpc) is 2.46. The van der Waals surface area contributed by atoms with Crippen LogP contribution in [0.4, 0.5) is 4.39 Å². The van der Waals surface area contributed by atoms with Crippen molar-refractivity contribution in [2.24, 2.45) is 0 Å². The molecule has 1 fully saturated rings. The molecule has 1 aromatic rings. The first kappa shape index (κ1) is 14.0. The third-order valence-corrected chi connectivity index (χ3v) is 3.49. The molecule has 0 radical (unpaired) electrons. The van der Waals surface area contributed by atoms with Gasteiger partial charge in [-0.15, -0.1) is 0 Å². The number of likely N-dealkylation sites (tertiary alicyclic amines) is 1. The Morgan fingerprint density at radius 2 is 2.11 bits per heavy atom. The van der Waals surface area contributed by atoms with Crippen LogP contribution in [0, 0.1) is 5.82 Å². The van der Waals surface area contributed by atoms with E-state index in [1.807, 2.05) is 0 Å². The number of benzene rings is 1. The zero-order valence-corrected chi connectivity index (χ0v) is 11.1. The third-order valence-electron chi connectivity index (χ3n) is 3.49. The number of hydrogen-bond donors (Lipinski definition) is 0. The van der Waals surface area contributed by atoms with Crippen molar-refractivity contribution in [1.82, 2.24) is 4.90 Å².